The summed E-state index contributed by atoms with van der Waals surface area (Å²) in [6.45, 7) is 14.6. The summed E-state index contributed by atoms with van der Waals surface area (Å²) in [5.41, 5.74) is -3.00. The minimum absolute atomic E-state index is 0.0102. The molecule has 11 heteroatoms. The highest BCUT2D eigenvalue weighted by molar-refractivity contribution is 6.02. The number of fused-ring (bicyclic) bond motifs is 7. The van der Waals surface area contributed by atoms with Gasteiger partial charge >= 0.3 is 0 Å². The maximum absolute atomic E-state index is 14.7. The zero-order valence-corrected chi connectivity index (χ0v) is 28.6. The van der Waals surface area contributed by atoms with Gasteiger partial charge in [0.25, 0.3) is 0 Å². The van der Waals surface area contributed by atoms with Crippen LogP contribution in [-0.2, 0) is 23.8 Å². The third-order valence-corrected chi connectivity index (χ3v) is 13.5. The molecule has 2 heterocycles. The topological polar surface area (TPSA) is 183 Å². The average Bonchev–Trinajstić information content (AvgIpc) is 3.21. The molecule has 2 aliphatic heterocycles. The third kappa shape index (κ3) is 4.60. The lowest BCUT2D eigenvalue weighted by Crippen LogP contribution is -2.67. The van der Waals surface area contributed by atoms with E-state index >= 15 is 0 Å². The second-order valence-electron chi connectivity index (χ2n) is 16.7. The maximum atomic E-state index is 14.7. The molecule has 4 aliphatic carbocycles. The Labute approximate surface area is 276 Å². The standard InChI is InChI=1S/C36H52O11/c1-16(2)11-19-30(43)36(8,44)28-21(45-19)13-33(5)23-10-9-17-18(35(23,7)24(38)14-34(28,33)6)12-20(29(42)32(17,3)4)46-31-27(41)26(40)25(39)22(15-37)47-31/h9,11-12,18-19,21-23,25-28,30-31,37,39-41,43-44H,10,13-15H2,1-8H3/t18-,19-,21+,22+,23-,25-,26+,27+,28+,30-,31-,33-,34+,35+,36+/m0/s1. The van der Waals surface area contributed by atoms with Crippen molar-refractivity contribution in [3.05, 3.63) is 35.1 Å². The smallest absolute Gasteiger partial charge is 0.229 e. The summed E-state index contributed by atoms with van der Waals surface area (Å²) in [7, 11) is 0. The van der Waals surface area contributed by atoms with Crippen LogP contribution in [0.4, 0.5) is 0 Å². The van der Waals surface area contributed by atoms with Crippen LogP contribution < -0.4 is 0 Å². The molecule has 4 fully saturated rings. The van der Waals surface area contributed by atoms with E-state index in [1.54, 1.807) is 26.8 Å². The van der Waals surface area contributed by atoms with E-state index in [0.29, 0.717) is 12.8 Å². The molecule has 6 N–H and O–H groups in total. The van der Waals surface area contributed by atoms with Crippen molar-refractivity contribution in [1.29, 1.82) is 0 Å². The molecule has 0 amide bonds. The first kappa shape index (κ1) is 34.9. The van der Waals surface area contributed by atoms with Gasteiger partial charge in [0, 0.05) is 23.7 Å². The van der Waals surface area contributed by atoms with Gasteiger partial charge in [0.2, 0.25) is 12.1 Å². The number of aliphatic hydroxyl groups is 6. The highest BCUT2D eigenvalue weighted by Gasteiger charge is 2.76. The van der Waals surface area contributed by atoms with Crippen LogP contribution in [0, 0.1) is 39.4 Å². The fourth-order valence-corrected chi connectivity index (χ4v) is 10.7. The number of hydrogen-bond donors (Lipinski definition) is 6. The van der Waals surface area contributed by atoms with Crippen molar-refractivity contribution in [3.63, 3.8) is 0 Å². The first-order valence-electron chi connectivity index (χ1n) is 16.9. The molecule has 0 radical (unpaired) electrons. The van der Waals surface area contributed by atoms with Gasteiger partial charge in [-0.25, -0.2) is 0 Å². The molecule has 0 aromatic heterocycles. The van der Waals surface area contributed by atoms with Crippen LogP contribution in [0.2, 0.25) is 0 Å². The van der Waals surface area contributed by atoms with Crippen LogP contribution in [0.5, 0.6) is 0 Å². The summed E-state index contributed by atoms with van der Waals surface area (Å²) >= 11 is 0. The van der Waals surface area contributed by atoms with E-state index in [1.807, 2.05) is 26.8 Å². The van der Waals surface area contributed by atoms with Crippen molar-refractivity contribution in [3.8, 4) is 0 Å². The number of carbonyl (C=O) groups is 2. The Hall–Kier alpha value is -1.96. The number of rotatable bonds is 4. The number of allylic oxidation sites excluding steroid dienone is 5. The van der Waals surface area contributed by atoms with Gasteiger partial charge in [0.1, 0.15) is 42.4 Å². The molecule has 0 spiro atoms. The Bertz CT molecular complexity index is 1420. The van der Waals surface area contributed by atoms with E-state index in [2.05, 4.69) is 19.9 Å². The molecule has 0 unspecified atom stereocenters. The van der Waals surface area contributed by atoms with E-state index in [-0.39, 0.29) is 29.7 Å². The fourth-order valence-electron chi connectivity index (χ4n) is 10.7. The van der Waals surface area contributed by atoms with Gasteiger partial charge < -0.3 is 44.8 Å². The Morgan fingerprint density at radius 2 is 1.64 bits per heavy atom. The molecule has 0 bridgehead atoms. The second kappa shape index (κ2) is 11.0. The fraction of sp³-hybridized carbons (Fsp3) is 0.778. The summed E-state index contributed by atoms with van der Waals surface area (Å²) in [5, 5.41) is 64.3. The van der Waals surface area contributed by atoms with Crippen LogP contribution in [0.3, 0.4) is 0 Å². The van der Waals surface area contributed by atoms with Crippen molar-refractivity contribution >= 4 is 11.6 Å². The molecule has 6 aliphatic rings. The minimum Gasteiger partial charge on any atom is -0.459 e. The van der Waals surface area contributed by atoms with Gasteiger partial charge in [0.15, 0.2) is 5.76 Å². The molecule has 2 saturated heterocycles. The van der Waals surface area contributed by atoms with Gasteiger partial charge in [-0.1, -0.05) is 44.1 Å². The normalized spacial score (nSPS) is 51.9. The zero-order chi connectivity index (χ0) is 34.8. The summed E-state index contributed by atoms with van der Waals surface area (Å²) in [4.78, 5) is 28.7. The number of ether oxygens (including phenoxy) is 3. The van der Waals surface area contributed by atoms with E-state index in [0.717, 1.165) is 11.1 Å². The van der Waals surface area contributed by atoms with Gasteiger partial charge in [-0.3, -0.25) is 9.59 Å². The molecule has 2 saturated carbocycles. The summed E-state index contributed by atoms with van der Waals surface area (Å²) in [5.74, 6) is -1.77. The van der Waals surface area contributed by atoms with Crippen LogP contribution in [-0.4, -0.2) is 103 Å². The Morgan fingerprint density at radius 3 is 2.26 bits per heavy atom. The monoisotopic (exact) mass is 660 g/mol. The Morgan fingerprint density at radius 1 is 0.979 bits per heavy atom. The summed E-state index contributed by atoms with van der Waals surface area (Å²) in [6.07, 6.45) is -3.15. The van der Waals surface area contributed by atoms with E-state index in [4.69, 9.17) is 14.2 Å². The quantitative estimate of drug-likeness (QED) is 0.242. The van der Waals surface area contributed by atoms with Gasteiger partial charge in [-0.2, -0.15) is 0 Å². The van der Waals surface area contributed by atoms with E-state index in [1.165, 1.54) is 0 Å². The largest absolute Gasteiger partial charge is 0.459 e. The number of ketones is 2. The van der Waals surface area contributed by atoms with E-state index < -0.39 is 94.7 Å². The third-order valence-electron chi connectivity index (χ3n) is 13.5. The van der Waals surface area contributed by atoms with Crippen molar-refractivity contribution in [2.24, 2.45) is 39.4 Å². The molecule has 0 aromatic carbocycles. The van der Waals surface area contributed by atoms with Crippen LogP contribution in [0.1, 0.15) is 74.7 Å². The van der Waals surface area contributed by atoms with Crippen LogP contribution in [0.15, 0.2) is 35.1 Å². The van der Waals surface area contributed by atoms with Crippen molar-refractivity contribution in [2.45, 2.75) is 129 Å². The lowest BCUT2D eigenvalue weighted by Gasteiger charge is -2.64. The SMILES string of the molecule is CC(C)=C[C@@H]1O[C@@H]2C[C@@]3(C)[C@@H]4CC=C5[C@H](C=C(O[C@H]6O[C@H](CO)[C@H](O)[C@@H](O)[C@H]6O)C(=O)C5(C)C)[C@@]4(C)C(=O)C[C@]3(C)[C@@H]2[C@@](C)(O)[C@H]1O. The Balaban J connectivity index is 1.41. The lowest BCUT2D eigenvalue weighted by molar-refractivity contribution is -0.291. The zero-order valence-electron chi connectivity index (χ0n) is 28.6. The molecule has 262 valence electrons. The van der Waals surface area contributed by atoms with E-state index in [9.17, 15) is 40.2 Å². The number of carbonyl (C=O) groups excluding carboxylic acids is 2. The summed E-state index contributed by atoms with van der Waals surface area (Å²) in [6, 6.07) is 0. The number of hydrogen-bond acceptors (Lipinski definition) is 11. The van der Waals surface area contributed by atoms with Crippen LogP contribution >= 0.6 is 0 Å². The minimum atomic E-state index is -1.70. The number of aliphatic hydroxyl groups excluding tert-OH is 5. The molecular formula is C36H52O11. The second-order valence-corrected chi connectivity index (χ2v) is 16.7. The molecule has 47 heavy (non-hydrogen) atoms. The first-order chi connectivity index (χ1) is 21.7. The van der Waals surface area contributed by atoms with Gasteiger partial charge in [0.05, 0.1) is 23.7 Å². The molecule has 11 nitrogen and oxygen atoms in total. The van der Waals surface area contributed by atoms with Gasteiger partial charge in [-0.15, -0.1) is 0 Å². The maximum Gasteiger partial charge on any atom is 0.229 e. The van der Waals surface area contributed by atoms with Crippen molar-refractivity contribution in [2.75, 3.05) is 6.61 Å². The summed E-state index contributed by atoms with van der Waals surface area (Å²) < 4.78 is 18.1. The predicted octanol–water partition coefficient (Wildman–Crippen LogP) is 1.72. The first-order valence-corrected chi connectivity index (χ1v) is 16.9. The molecule has 15 atom stereocenters. The highest BCUT2D eigenvalue weighted by Crippen LogP contribution is 2.75. The highest BCUT2D eigenvalue weighted by atomic mass is 16.7. The van der Waals surface area contributed by atoms with Crippen molar-refractivity contribution < 1.29 is 54.4 Å². The molecule has 0 aromatic rings. The van der Waals surface area contributed by atoms with Crippen LogP contribution in [0.25, 0.3) is 0 Å². The molecule has 6 rings (SSSR count). The van der Waals surface area contributed by atoms with Crippen molar-refractivity contribution in [1.82, 2.24) is 0 Å². The average molecular weight is 661 g/mol. The molecular weight excluding hydrogens is 608 g/mol. The predicted molar refractivity (Wildman–Crippen MR) is 168 cm³/mol. The lowest BCUT2D eigenvalue weighted by atomic mass is 9.39. The number of Topliss-reactive ketones (excluding diaryl/α,β-unsaturated/α-hetero) is 2. The Kier molecular flexibility index (Phi) is 8.18. The van der Waals surface area contributed by atoms with Gasteiger partial charge in [-0.05, 0) is 70.3 Å².